The summed E-state index contributed by atoms with van der Waals surface area (Å²) < 4.78 is 10.8. The second-order valence-corrected chi connectivity index (χ2v) is 10.1. The van der Waals surface area contributed by atoms with Gasteiger partial charge in [0, 0.05) is 17.3 Å². The highest BCUT2D eigenvalue weighted by Crippen LogP contribution is 2.33. The number of amides is 1. The molecule has 31 heavy (non-hydrogen) atoms. The monoisotopic (exact) mass is 470 g/mol. The number of benzene rings is 1. The van der Waals surface area contributed by atoms with Crippen molar-refractivity contribution in [2.24, 2.45) is 0 Å². The number of hydrogen-bond donors (Lipinski definition) is 1. The Kier molecular flexibility index (Phi) is 6.28. The summed E-state index contributed by atoms with van der Waals surface area (Å²) >= 11 is 4.35. The van der Waals surface area contributed by atoms with Crippen molar-refractivity contribution in [1.29, 1.82) is 0 Å². The van der Waals surface area contributed by atoms with Gasteiger partial charge in [-0.1, -0.05) is 43.2 Å². The molecule has 1 aliphatic rings. The summed E-state index contributed by atoms with van der Waals surface area (Å²) in [5.41, 5.74) is 2.23. The van der Waals surface area contributed by atoms with E-state index in [1.54, 1.807) is 11.3 Å². The van der Waals surface area contributed by atoms with Crippen LogP contribution >= 0.6 is 34.8 Å². The topological polar surface area (TPSA) is 85.6 Å². The minimum absolute atomic E-state index is 0.0801. The van der Waals surface area contributed by atoms with Gasteiger partial charge >= 0.3 is 0 Å². The van der Waals surface area contributed by atoms with Gasteiger partial charge in [-0.15, -0.1) is 21.5 Å². The van der Waals surface area contributed by atoms with Crippen LogP contribution in [-0.2, 0) is 11.2 Å². The van der Waals surface area contributed by atoms with Crippen molar-refractivity contribution in [3.05, 3.63) is 46.4 Å². The number of hydrogen-bond acceptors (Lipinski definition) is 8. The Morgan fingerprint density at radius 1 is 1.13 bits per heavy atom. The molecule has 1 amide bonds. The fraction of sp³-hybridized carbons (Fsp3) is 0.381. The summed E-state index contributed by atoms with van der Waals surface area (Å²) in [4.78, 5) is 14.0. The van der Waals surface area contributed by atoms with Gasteiger partial charge in [-0.3, -0.25) is 4.79 Å². The van der Waals surface area contributed by atoms with Gasteiger partial charge < -0.3 is 9.88 Å². The van der Waals surface area contributed by atoms with Gasteiger partial charge in [-0.2, -0.15) is 8.75 Å². The van der Waals surface area contributed by atoms with Crippen molar-refractivity contribution in [1.82, 2.24) is 23.5 Å². The highest BCUT2D eigenvalue weighted by molar-refractivity contribution is 7.99. The van der Waals surface area contributed by atoms with Gasteiger partial charge in [0.15, 0.2) is 5.16 Å². The predicted molar refractivity (Wildman–Crippen MR) is 126 cm³/mol. The molecule has 0 bridgehead atoms. The van der Waals surface area contributed by atoms with E-state index in [-0.39, 0.29) is 11.7 Å². The van der Waals surface area contributed by atoms with Gasteiger partial charge in [-0.25, -0.2) is 0 Å². The summed E-state index contributed by atoms with van der Waals surface area (Å²) in [5, 5.41) is 14.9. The van der Waals surface area contributed by atoms with Crippen molar-refractivity contribution in [2.45, 2.75) is 49.7 Å². The molecule has 1 aliphatic carbocycles. The number of aromatic nitrogens is 5. The van der Waals surface area contributed by atoms with Crippen LogP contribution in [0.5, 0.6) is 0 Å². The fourth-order valence-electron chi connectivity index (χ4n) is 4.02. The molecule has 160 valence electrons. The van der Waals surface area contributed by atoms with Crippen LogP contribution in [0.3, 0.4) is 0 Å². The van der Waals surface area contributed by atoms with E-state index in [0.29, 0.717) is 11.7 Å². The zero-order valence-corrected chi connectivity index (χ0v) is 19.3. The van der Waals surface area contributed by atoms with Crippen molar-refractivity contribution >= 4 is 57.5 Å². The second-order valence-electron chi connectivity index (χ2n) is 7.59. The lowest BCUT2D eigenvalue weighted by Crippen LogP contribution is -2.18. The summed E-state index contributed by atoms with van der Waals surface area (Å²) in [6, 6.07) is 10.3. The standard InChI is InChI=1S/C21H22N6OS3/c28-19(22-16-9-4-10-17-20(16)26-31-25-17)13-30-21-24-23-18(12-15-8-5-11-29-15)27(21)14-6-2-1-3-7-14/h4-5,8-11,14H,1-3,6-7,12-13H2,(H,22,28). The first-order chi connectivity index (χ1) is 15.3. The van der Waals surface area contributed by atoms with Crippen molar-refractivity contribution in [2.75, 3.05) is 11.1 Å². The van der Waals surface area contributed by atoms with Crippen LogP contribution in [0, 0.1) is 0 Å². The molecule has 0 unspecified atom stereocenters. The van der Waals surface area contributed by atoms with Gasteiger partial charge in [0.2, 0.25) is 5.91 Å². The number of rotatable bonds is 7. The Hall–Kier alpha value is -2.30. The van der Waals surface area contributed by atoms with Crippen LogP contribution in [0.15, 0.2) is 40.9 Å². The van der Waals surface area contributed by atoms with E-state index in [1.807, 2.05) is 18.2 Å². The van der Waals surface area contributed by atoms with E-state index < -0.39 is 0 Å². The molecule has 1 fully saturated rings. The number of carbonyl (C=O) groups excluding carboxylic acids is 1. The molecule has 3 heterocycles. The van der Waals surface area contributed by atoms with E-state index in [0.717, 1.165) is 53.0 Å². The number of thiophene rings is 1. The van der Waals surface area contributed by atoms with Crippen molar-refractivity contribution < 1.29 is 4.79 Å². The molecular formula is C21H22N6OS3. The van der Waals surface area contributed by atoms with E-state index in [4.69, 9.17) is 0 Å². The molecular weight excluding hydrogens is 448 g/mol. The molecule has 7 nitrogen and oxygen atoms in total. The van der Waals surface area contributed by atoms with Crippen molar-refractivity contribution in [3.8, 4) is 0 Å². The number of thioether (sulfide) groups is 1. The van der Waals surface area contributed by atoms with Crippen LogP contribution in [0.25, 0.3) is 11.0 Å². The zero-order chi connectivity index (χ0) is 21.0. The van der Waals surface area contributed by atoms with Gasteiger partial charge in [0.1, 0.15) is 16.9 Å². The highest BCUT2D eigenvalue weighted by Gasteiger charge is 2.24. The highest BCUT2D eigenvalue weighted by atomic mass is 32.2. The first kappa shape index (κ1) is 20.6. The number of nitrogens with one attached hydrogen (secondary N) is 1. The Morgan fingerprint density at radius 2 is 2.03 bits per heavy atom. The Morgan fingerprint density at radius 3 is 2.87 bits per heavy atom. The minimum atomic E-state index is -0.0801. The molecule has 0 spiro atoms. The number of nitrogens with zero attached hydrogens (tertiary/aromatic N) is 5. The maximum atomic E-state index is 12.7. The molecule has 0 aliphatic heterocycles. The third-order valence-corrected chi connectivity index (χ3v) is 7.84. The smallest absolute Gasteiger partial charge is 0.234 e. The normalized spacial score (nSPS) is 14.8. The number of fused-ring (bicyclic) bond motifs is 1. The first-order valence-corrected chi connectivity index (χ1v) is 13.0. The van der Waals surface area contributed by atoms with Crippen LogP contribution in [0.4, 0.5) is 5.69 Å². The molecule has 3 aromatic heterocycles. The Bertz CT molecular complexity index is 1160. The summed E-state index contributed by atoms with van der Waals surface area (Å²) in [5.74, 6) is 1.19. The molecule has 0 atom stereocenters. The zero-order valence-electron chi connectivity index (χ0n) is 16.9. The van der Waals surface area contributed by atoms with Crippen LogP contribution in [0.2, 0.25) is 0 Å². The Labute approximate surface area is 192 Å². The van der Waals surface area contributed by atoms with Crippen LogP contribution in [-0.4, -0.2) is 35.2 Å². The fourth-order valence-corrected chi connectivity index (χ4v) is 6.10. The lowest BCUT2D eigenvalue weighted by atomic mass is 9.95. The van der Waals surface area contributed by atoms with Crippen LogP contribution < -0.4 is 5.32 Å². The largest absolute Gasteiger partial charge is 0.323 e. The molecule has 4 aromatic rings. The quantitative estimate of drug-likeness (QED) is 0.375. The molecule has 0 radical (unpaired) electrons. The maximum absolute atomic E-state index is 12.7. The van der Waals surface area contributed by atoms with Gasteiger partial charge in [-0.05, 0) is 36.4 Å². The SMILES string of the molecule is O=C(CSc1nnc(Cc2cccs2)n1C1CCCCC1)Nc1cccc2nsnc12. The minimum Gasteiger partial charge on any atom is -0.323 e. The predicted octanol–water partition coefficient (Wildman–Crippen LogP) is 5.17. The van der Waals surface area contributed by atoms with Crippen molar-refractivity contribution in [3.63, 3.8) is 0 Å². The summed E-state index contributed by atoms with van der Waals surface area (Å²) in [7, 11) is 0. The number of carbonyl (C=O) groups is 1. The molecule has 1 aromatic carbocycles. The van der Waals surface area contributed by atoms with E-state index in [1.165, 1.54) is 35.9 Å². The molecule has 0 saturated heterocycles. The van der Waals surface area contributed by atoms with Gasteiger partial charge in [0.25, 0.3) is 0 Å². The van der Waals surface area contributed by atoms with E-state index >= 15 is 0 Å². The summed E-state index contributed by atoms with van der Waals surface area (Å²) in [6.45, 7) is 0. The van der Waals surface area contributed by atoms with Crippen LogP contribution in [0.1, 0.15) is 48.8 Å². The summed E-state index contributed by atoms with van der Waals surface area (Å²) in [6.07, 6.45) is 6.84. The third kappa shape index (κ3) is 4.65. The lowest BCUT2D eigenvalue weighted by Gasteiger charge is -2.25. The second kappa shape index (κ2) is 9.46. The average Bonchev–Trinajstić information content (AvgIpc) is 3.55. The Balaban J connectivity index is 1.31. The molecule has 5 rings (SSSR count). The maximum Gasteiger partial charge on any atom is 0.234 e. The third-order valence-electron chi connectivity index (χ3n) is 5.48. The van der Waals surface area contributed by atoms with E-state index in [9.17, 15) is 4.79 Å². The molecule has 1 N–H and O–H groups in total. The van der Waals surface area contributed by atoms with Gasteiger partial charge in [0.05, 0.1) is 23.2 Å². The molecule has 1 saturated carbocycles. The average molecular weight is 471 g/mol. The molecule has 10 heteroatoms. The van der Waals surface area contributed by atoms with E-state index in [2.05, 4.69) is 46.3 Å². The number of anilines is 1. The lowest BCUT2D eigenvalue weighted by molar-refractivity contribution is -0.113. The first-order valence-electron chi connectivity index (χ1n) is 10.4.